The normalized spacial score (nSPS) is 11.3. The summed E-state index contributed by atoms with van der Waals surface area (Å²) in [6.07, 6.45) is 0.749. The van der Waals surface area contributed by atoms with E-state index in [1.165, 1.54) is 0 Å². The largest absolute Gasteiger partial charge is 0.504 e. The molecule has 4 aromatic rings. The van der Waals surface area contributed by atoms with E-state index in [0.717, 1.165) is 28.7 Å². The number of aromatic hydroxyl groups is 1. The molecular formula is C21H15ClO3. The quantitative estimate of drug-likeness (QED) is 0.531. The molecule has 0 saturated heterocycles. The Hall–Kier alpha value is -2.78. The summed E-state index contributed by atoms with van der Waals surface area (Å²) in [5.74, 6) is -0.106. The number of fused-ring (bicyclic) bond motifs is 2. The molecule has 0 fully saturated rings. The Bertz CT molecular complexity index is 1110. The van der Waals surface area contributed by atoms with E-state index >= 15 is 0 Å². The van der Waals surface area contributed by atoms with Crippen LogP contribution < -0.4 is 5.43 Å². The smallest absolute Gasteiger partial charge is 0.232 e. The third kappa shape index (κ3) is 2.57. The standard InChI is InChI=1S/C21H15ClO3/c1-2-12-3-4-14(13-5-7-15(22)8-6-13)11-16(12)19-20(23)17-9-10-18(25-17)21(19)24/h3-11,23H,2H2,1H3. The van der Waals surface area contributed by atoms with Crippen molar-refractivity contribution in [2.24, 2.45) is 0 Å². The van der Waals surface area contributed by atoms with E-state index in [2.05, 4.69) is 0 Å². The maximum atomic E-state index is 12.7. The van der Waals surface area contributed by atoms with Gasteiger partial charge >= 0.3 is 0 Å². The highest BCUT2D eigenvalue weighted by Gasteiger charge is 2.20. The van der Waals surface area contributed by atoms with Crippen LogP contribution in [0.15, 0.2) is 63.8 Å². The van der Waals surface area contributed by atoms with Gasteiger partial charge in [-0.1, -0.05) is 42.8 Å². The third-order valence-electron chi connectivity index (χ3n) is 4.46. The van der Waals surface area contributed by atoms with E-state index in [9.17, 15) is 9.90 Å². The van der Waals surface area contributed by atoms with Gasteiger partial charge < -0.3 is 9.52 Å². The van der Waals surface area contributed by atoms with Crippen LogP contribution in [0.4, 0.5) is 0 Å². The number of aryl methyl sites for hydroxylation is 1. The molecule has 0 amide bonds. The van der Waals surface area contributed by atoms with Gasteiger partial charge in [0.1, 0.15) is 0 Å². The van der Waals surface area contributed by atoms with Gasteiger partial charge in [0, 0.05) is 5.02 Å². The lowest BCUT2D eigenvalue weighted by Crippen LogP contribution is -2.05. The second-order valence-corrected chi connectivity index (χ2v) is 6.39. The highest BCUT2D eigenvalue weighted by atomic mass is 35.5. The summed E-state index contributed by atoms with van der Waals surface area (Å²) in [7, 11) is 0. The van der Waals surface area contributed by atoms with Crippen LogP contribution in [0.5, 0.6) is 5.75 Å². The molecule has 0 radical (unpaired) electrons. The van der Waals surface area contributed by atoms with Crippen molar-refractivity contribution >= 4 is 22.8 Å². The van der Waals surface area contributed by atoms with Crippen LogP contribution >= 0.6 is 11.6 Å². The molecule has 0 saturated carbocycles. The Morgan fingerprint density at radius 1 is 0.960 bits per heavy atom. The van der Waals surface area contributed by atoms with Gasteiger partial charge in [-0.25, -0.2) is 0 Å². The zero-order valence-corrected chi connectivity index (χ0v) is 14.3. The molecule has 0 aliphatic heterocycles. The molecule has 3 nitrogen and oxygen atoms in total. The minimum Gasteiger partial charge on any atom is -0.504 e. The van der Waals surface area contributed by atoms with E-state index in [1.54, 1.807) is 12.1 Å². The van der Waals surface area contributed by atoms with Crippen molar-refractivity contribution in [2.75, 3.05) is 0 Å². The minimum atomic E-state index is -0.294. The monoisotopic (exact) mass is 350 g/mol. The van der Waals surface area contributed by atoms with Crippen molar-refractivity contribution < 1.29 is 9.52 Å². The Morgan fingerprint density at radius 3 is 2.36 bits per heavy atom. The molecule has 2 aromatic heterocycles. The van der Waals surface area contributed by atoms with E-state index in [4.69, 9.17) is 16.0 Å². The molecule has 2 heterocycles. The molecule has 2 bridgehead atoms. The second kappa shape index (κ2) is 5.94. The molecule has 2 aromatic carbocycles. The number of benzene rings is 2. The van der Waals surface area contributed by atoms with E-state index in [0.29, 0.717) is 16.2 Å². The summed E-state index contributed by atoms with van der Waals surface area (Å²) in [5.41, 5.74) is 4.26. The average molecular weight is 351 g/mol. The minimum absolute atomic E-state index is 0.106. The van der Waals surface area contributed by atoms with E-state index in [1.807, 2.05) is 49.4 Å². The SMILES string of the molecule is CCc1ccc(-c2ccc(Cl)cc2)cc1-c1c(O)c2ccc(o2)c1=O. The molecular weight excluding hydrogens is 336 g/mol. The summed E-state index contributed by atoms with van der Waals surface area (Å²) in [6, 6.07) is 16.7. The fourth-order valence-corrected chi connectivity index (χ4v) is 3.26. The van der Waals surface area contributed by atoms with Crippen molar-refractivity contribution in [3.8, 4) is 28.0 Å². The molecule has 0 unspecified atom stereocenters. The van der Waals surface area contributed by atoms with Crippen molar-refractivity contribution in [3.63, 3.8) is 0 Å². The van der Waals surface area contributed by atoms with Crippen LogP contribution in [-0.4, -0.2) is 5.11 Å². The van der Waals surface area contributed by atoms with Crippen LogP contribution in [0.3, 0.4) is 0 Å². The first-order chi connectivity index (χ1) is 12.1. The Balaban J connectivity index is 1.98. The van der Waals surface area contributed by atoms with Crippen molar-refractivity contribution in [3.05, 3.63) is 75.4 Å². The first-order valence-electron chi connectivity index (χ1n) is 8.06. The molecule has 0 aliphatic rings. The van der Waals surface area contributed by atoms with Gasteiger partial charge in [-0.2, -0.15) is 0 Å². The number of furan rings is 1. The van der Waals surface area contributed by atoms with Gasteiger partial charge in [-0.05, 0) is 59.0 Å². The van der Waals surface area contributed by atoms with Gasteiger partial charge in [0.25, 0.3) is 0 Å². The number of halogens is 1. The molecule has 4 heteroatoms. The van der Waals surface area contributed by atoms with Gasteiger partial charge in [0.05, 0.1) is 5.56 Å². The summed E-state index contributed by atoms with van der Waals surface area (Å²) in [4.78, 5) is 12.7. The number of hydrogen-bond acceptors (Lipinski definition) is 3. The molecule has 4 rings (SSSR count). The van der Waals surface area contributed by atoms with Crippen molar-refractivity contribution in [1.82, 2.24) is 0 Å². The number of hydrogen-bond donors (Lipinski definition) is 1. The number of rotatable bonds is 3. The molecule has 1 N–H and O–H groups in total. The van der Waals surface area contributed by atoms with Crippen LogP contribution in [-0.2, 0) is 6.42 Å². The van der Waals surface area contributed by atoms with Crippen molar-refractivity contribution in [2.45, 2.75) is 13.3 Å². The highest BCUT2D eigenvalue weighted by molar-refractivity contribution is 6.30. The van der Waals surface area contributed by atoms with Gasteiger partial charge in [-0.15, -0.1) is 0 Å². The lowest BCUT2D eigenvalue weighted by atomic mass is 9.93. The topological polar surface area (TPSA) is 50.4 Å². The molecule has 124 valence electrons. The third-order valence-corrected chi connectivity index (χ3v) is 4.72. The second-order valence-electron chi connectivity index (χ2n) is 5.95. The van der Waals surface area contributed by atoms with Crippen LogP contribution in [0.1, 0.15) is 12.5 Å². The van der Waals surface area contributed by atoms with Gasteiger partial charge in [0.15, 0.2) is 16.9 Å². The van der Waals surface area contributed by atoms with Gasteiger partial charge in [0.2, 0.25) is 5.43 Å². The Morgan fingerprint density at radius 2 is 1.64 bits per heavy atom. The zero-order valence-electron chi connectivity index (χ0n) is 13.5. The van der Waals surface area contributed by atoms with E-state index < -0.39 is 0 Å². The maximum absolute atomic E-state index is 12.7. The zero-order chi connectivity index (χ0) is 17.6. The fourth-order valence-electron chi connectivity index (χ4n) is 3.13. The molecule has 25 heavy (non-hydrogen) atoms. The van der Waals surface area contributed by atoms with E-state index in [-0.39, 0.29) is 16.8 Å². The average Bonchev–Trinajstić information content (AvgIpc) is 3.08. The predicted molar refractivity (Wildman–Crippen MR) is 101 cm³/mol. The summed E-state index contributed by atoms with van der Waals surface area (Å²) in [6.45, 7) is 2.02. The summed E-state index contributed by atoms with van der Waals surface area (Å²) < 4.78 is 5.33. The van der Waals surface area contributed by atoms with Crippen LogP contribution in [0, 0.1) is 0 Å². The predicted octanol–water partition coefficient (Wildman–Crippen LogP) is 5.49. The van der Waals surface area contributed by atoms with Crippen LogP contribution in [0.25, 0.3) is 33.4 Å². The van der Waals surface area contributed by atoms with Crippen LogP contribution in [0.2, 0.25) is 5.02 Å². The van der Waals surface area contributed by atoms with Gasteiger partial charge in [-0.3, -0.25) is 4.79 Å². The van der Waals surface area contributed by atoms with Crippen molar-refractivity contribution in [1.29, 1.82) is 0 Å². The Labute approximate surface area is 149 Å². The lowest BCUT2D eigenvalue weighted by Gasteiger charge is -2.12. The molecule has 0 atom stereocenters. The lowest BCUT2D eigenvalue weighted by molar-refractivity contribution is 0.467. The Kier molecular flexibility index (Phi) is 3.74. The molecule has 0 aliphatic carbocycles. The first-order valence-corrected chi connectivity index (χ1v) is 8.43. The highest BCUT2D eigenvalue weighted by Crippen LogP contribution is 2.37. The summed E-state index contributed by atoms with van der Waals surface area (Å²) in [5, 5.41) is 11.2. The molecule has 0 spiro atoms. The summed E-state index contributed by atoms with van der Waals surface area (Å²) >= 11 is 5.97. The maximum Gasteiger partial charge on any atom is 0.232 e. The first kappa shape index (κ1) is 15.7. The fraction of sp³-hybridized carbons (Fsp3) is 0.0952.